The third kappa shape index (κ3) is 1.83. The molecule has 1 saturated heterocycles. The maximum absolute atomic E-state index is 13.2. The Kier molecular flexibility index (Phi) is 3.06. The number of aliphatic hydroxyl groups is 1. The number of aromatic nitrogens is 4. The highest BCUT2D eigenvalue weighted by atomic mass is 19.1. The van der Waals surface area contributed by atoms with Gasteiger partial charge in [-0.25, -0.2) is 19.3 Å². The minimum atomic E-state index is -1.14. The van der Waals surface area contributed by atoms with E-state index in [1.54, 1.807) is 10.9 Å². The van der Waals surface area contributed by atoms with Crippen molar-refractivity contribution in [1.29, 1.82) is 0 Å². The highest BCUT2D eigenvalue weighted by molar-refractivity contribution is 5.81. The Labute approximate surface area is 114 Å². The number of aliphatic hydroxyl groups excluding tert-OH is 1. The van der Waals surface area contributed by atoms with Crippen LogP contribution >= 0.6 is 0 Å². The summed E-state index contributed by atoms with van der Waals surface area (Å²) in [4.78, 5) is 12.2. The van der Waals surface area contributed by atoms with Gasteiger partial charge in [-0.2, -0.15) is 0 Å². The molecule has 3 N–H and O–H groups in total. The molecule has 1 fully saturated rings. The first-order valence-corrected chi connectivity index (χ1v) is 6.38. The van der Waals surface area contributed by atoms with Crippen LogP contribution in [0.1, 0.15) is 19.6 Å². The van der Waals surface area contributed by atoms with Gasteiger partial charge in [-0.1, -0.05) is 6.92 Å². The average Bonchev–Trinajstić information content (AvgIpc) is 3.01. The zero-order valence-electron chi connectivity index (χ0n) is 11.0. The summed E-state index contributed by atoms with van der Waals surface area (Å²) in [5.74, 6) is 0.310. The highest BCUT2D eigenvalue weighted by Gasteiger charge is 2.45. The standard InChI is InChI=1S/C12H16FN5O2/c1-7-2-12(3-13,4-19)20-11(7)18-6-17-8-9(14)15-5-16-10(8)18/h5-7,11,19H,2-4H2,1H3,(H2,14,15,16)/t7-,11+,12+/m0/s1. The Morgan fingerprint density at radius 2 is 2.35 bits per heavy atom. The van der Waals surface area contributed by atoms with E-state index in [-0.39, 0.29) is 12.5 Å². The lowest BCUT2D eigenvalue weighted by Gasteiger charge is -2.24. The fourth-order valence-electron chi connectivity index (χ4n) is 2.73. The van der Waals surface area contributed by atoms with E-state index in [0.717, 1.165) is 0 Å². The molecule has 0 saturated carbocycles. The lowest BCUT2D eigenvalue weighted by atomic mass is 9.96. The number of rotatable bonds is 3. The molecule has 0 unspecified atom stereocenters. The number of fused-ring (bicyclic) bond motifs is 1. The number of halogens is 1. The molecule has 0 amide bonds. The molecular formula is C12H16FN5O2. The quantitative estimate of drug-likeness (QED) is 0.857. The molecule has 3 atom stereocenters. The van der Waals surface area contributed by atoms with Crippen LogP contribution in [0, 0.1) is 5.92 Å². The summed E-state index contributed by atoms with van der Waals surface area (Å²) in [5.41, 5.74) is 5.64. The summed E-state index contributed by atoms with van der Waals surface area (Å²) >= 11 is 0. The van der Waals surface area contributed by atoms with Crippen LogP contribution in [0.2, 0.25) is 0 Å². The van der Waals surface area contributed by atoms with Gasteiger partial charge in [-0.05, 0) is 6.42 Å². The number of nitrogens with zero attached hydrogens (tertiary/aromatic N) is 4. The molecule has 1 aliphatic heterocycles. The van der Waals surface area contributed by atoms with Gasteiger partial charge in [-0.15, -0.1) is 0 Å². The van der Waals surface area contributed by atoms with Crippen molar-refractivity contribution in [3.8, 4) is 0 Å². The third-order valence-corrected chi connectivity index (χ3v) is 3.74. The molecule has 108 valence electrons. The Hall–Kier alpha value is -1.80. The van der Waals surface area contributed by atoms with Crippen molar-refractivity contribution >= 4 is 17.0 Å². The lowest BCUT2D eigenvalue weighted by Crippen LogP contribution is -2.35. The molecular weight excluding hydrogens is 265 g/mol. The fourth-order valence-corrected chi connectivity index (χ4v) is 2.73. The molecule has 0 aliphatic carbocycles. The van der Waals surface area contributed by atoms with Crippen LogP contribution < -0.4 is 5.73 Å². The van der Waals surface area contributed by atoms with Crippen LogP contribution in [-0.4, -0.2) is 43.5 Å². The Balaban J connectivity index is 2.02. The van der Waals surface area contributed by atoms with Gasteiger partial charge in [0.15, 0.2) is 11.5 Å². The maximum atomic E-state index is 13.2. The summed E-state index contributed by atoms with van der Waals surface area (Å²) in [7, 11) is 0. The van der Waals surface area contributed by atoms with Crippen molar-refractivity contribution in [1.82, 2.24) is 19.5 Å². The van der Waals surface area contributed by atoms with E-state index in [2.05, 4.69) is 15.0 Å². The second-order valence-corrected chi connectivity index (χ2v) is 5.25. The van der Waals surface area contributed by atoms with E-state index < -0.39 is 18.5 Å². The first-order chi connectivity index (χ1) is 9.60. The molecule has 0 aromatic carbocycles. The minimum absolute atomic E-state index is 0.0199. The topological polar surface area (TPSA) is 99.1 Å². The molecule has 3 heterocycles. The van der Waals surface area contributed by atoms with Gasteiger partial charge < -0.3 is 15.6 Å². The normalized spacial score (nSPS) is 30.1. The predicted molar refractivity (Wildman–Crippen MR) is 69.4 cm³/mol. The molecule has 0 spiro atoms. The molecule has 1 aliphatic rings. The number of ether oxygens (including phenoxy) is 1. The van der Waals surface area contributed by atoms with Gasteiger partial charge in [0.1, 0.15) is 30.3 Å². The molecule has 7 nitrogen and oxygen atoms in total. The first kappa shape index (κ1) is 13.2. The molecule has 3 rings (SSSR count). The maximum Gasteiger partial charge on any atom is 0.167 e. The average molecular weight is 281 g/mol. The van der Waals surface area contributed by atoms with E-state index >= 15 is 0 Å². The number of nitrogens with two attached hydrogens (primary N) is 1. The van der Waals surface area contributed by atoms with Crippen molar-refractivity contribution in [2.24, 2.45) is 5.92 Å². The number of imidazole rings is 1. The molecule has 8 heteroatoms. The largest absolute Gasteiger partial charge is 0.393 e. The predicted octanol–water partition coefficient (Wildman–Crippen LogP) is 0.664. The zero-order chi connectivity index (χ0) is 14.3. The van der Waals surface area contributed by atoms with Gasteiger partial charge in [-0.3, -0.25) is 4.57 Å². The van der Waals surface area contributed by atoms with Crippen molar-refractivity contribution < 1.29 is 14.2 Å². The summed E-state index contributed by atoms with van der Waals surface area (Å²) in [6, 6.07) is 0. The Morgan fingerprint density at radius 3 is 3.00 bits per heavy atom. The number of nitrogen functional groups attached to an aromatic ring is 1. The minimum Gasteiger partial charge on any atom is -0.393 e. The summed E-state index contributed by atoms with van der Waals surface area (Å²) in [6.45, 7) is 0.857. The molecule has 0 bridgehead atoms. The van der Waals surface area contributed by atoms with Crippen LogP contribution in [0.15, 0.2) is 12.7 Å². The van der Waals surface area contributed by atoms with Crippen LogP contribution in [0.4, 0.5) is 10.2 Å². The first-order valence-electron chi connectivity index (χ1n) is 6.38. The number of hydrogen-bond acceptors (Lipinski definition) is 6. The van der Waals surface area contributed by atoms with Gasteiger partial charge in [0.25, 0.3) is 0 Å². The van der Waals surface area contributed by atoms with Crippen molar-refractivity contribution in [2.75, 3.05) is 19.0 Å². The summed E-state index contributed by atoms with van der Waals surface area (Å²) in [6.07, 6.45) is 2.91. The van der Waals surface area contributed by atoms with Crippen molar-refractivity contribution in [2.45, 2.75) is 25.2 Å². The van der Waals surface area contributed by atoms with E-state index in [4.69, 9.17) is 10.5 Å². The van der Waals surface area contributed by atoms with Crippen molar-refractivity contribution in [3.05, 3.63) is 12.7 Å². The SMILES string of the molecule is C[C@H]1C[C@](CO)(CF)O[C@H]1n1cnc2c(N)ncnc21. The number of alkyl halides is 1. The monoisotopic (exact) mass is 281 g/mol. The van der Waals surface area contributed by atoms with Crippen LogP contribution in [0.3, 0.4) is 0 Å². The molecule has 2 aromatic rings. The highest BCUT2D eigenvalue weighted by Crippen LogP contribution is 2.42. The zero-order valence-corrected chi connectivity index (χ0v) is 11.0. The van der Waals surface area contributed by atoms with Crippen LogP contribution in [0.25, 0.3) is 11.2 Å². The molecule has 2 aromatic heterocycles. The molecule has 20 heavy (non-hydrogen) atoms. The Bertz CT molecular complexity index is 627. The summed E-state index contributed by atoms with van der Waals surface area (Å²) in [5, 5.41) is 9.37. The van der Waals surface area contributed by atoms with E-state index in [1.165, 1.54) is 6.33 Å². The van der Waals surface area contributed by atoms with Gasteiger partial charge in [0.2, 0.25) is 0 Å². The smallest absolute Gasteiger partial charge is 0.167 e. The third-order valence-electron chi connectivity index (χ3n) is 3.74. The van der Waals surface area contributed by atoms with Gasteiger partial charge >= 0.3 is 0 Å². The Morgan fingerprint density at radius 1 is 1.55 bits per heavy atom. The van der Waals surface area contributed by atoms with Crippen molar-refractivity contribution in [3.63, 3.8) is 0 Å². The van der Waals surface area contributed by atoms with E-state index in [1.807, 2.05) is 6.92 Å². The lowest BCUT2D eigenvalue weighted by molar-refractivity contribution is -0.110. The number of anilines is 1. The van der Waals surface area contributed by atoms with Crippen LogP contribution in [0.5, 0.6) is 0 Å². The van der Waals surface area contributed by atoms with Gasteiger partial charge in [0.05, 0.1) is 12.9 Å². The fraction of sp³-hybridized carbons (Fsp3) is 0.583. The van der Waals surface area contributed by atoms with Gasteiger partial charge in [0, 0.05) is 5.92 Å². The van der Waals surface area contributed by atoms with E-state index in [0.29, 0.717) is 23.4 Å². The number of hydrogen-bond donors (Lipinski definition) is 2. The molecule has 0 radical (unpaired) electrons. The second-order valence-electron chi connectivity index (χ2n) is 5.25. The van der Waals surface area contributed by atoms with Crippen LogP contribution in [-0.2, 0) is 4.74 Å². The second kappa shape index (κ2) is 4.64. The summed E-state index contributed by atoms with van der Waals surface area (Å²) < 4.78 is 20.6. The van der Waals surface area contributed by atoms with E-state index in [9.17, 15) is 9.50 Å².